The maximum absolute atomic E-state index is 16.6. The Bertz CT molecular complexity index is 1760. The minimum Gasteiger partial charge on any atom is -0.508 e. The standard InChI is InChI=1S/C41H48F5N3O2Si/c1-28-20-29-21-32(50)16-17-35(29)39(38-36(43)22-30(23-37(38)44)47-31-24-48(25-31)19-11-18-42)49(28)26-41(45,46)27-51-52(40(2,3)4,33-12-7-5-8-13-33)34-14-9-6-10-15-34/h5-10,12-17,21-23,28,31,39,47,50H,11,18-20,24-27H2,1-4H3/t28?,39-/m1/s1. The number of anilines is 1. The molecule has 0 aromatic heterocycles. The number of phenols is 1. The van der Waals surface area contributed by atoms with Gasteiger partial charge in [-0.1, -0.05) is 87.5 Å². The molecule has 2 aliphatic rings. The molecule has 2 heterocycles. The molecule has 0 aliphatic carbocycles. The van der Waals surface area contributed by atoms with Crippen molar-refractivity contribution in [3.63, 3.8) is 0 Å². The summed E-state index contributed by atoms with van der Waals surface area (Å²) in [6.45, 7) is 7.58. The fourth-order valence-electron chi connectivity index (χ4n) is 8.05. The summed E-state index contributed by atoms with van der Waals surface area (Å²) in [5, 5.41) is 14.7. The Balaban J connectivity index is 1.31. The van der Waals surface area contributed by atoms with Crippen LogP contribution in [0.2, 0.25) is 5.04 Å². The summed E-state index contributed by atoms with van der Waals surface area (Å²) in [4.78, 5) is 3.53. The number of likely N-dealkylation sites (tertiary alicyclic amines) is 1. The summed E-state index contributed by atoms with van der Waals surface area (Å²) in [6, 6.07) is 24.3. The molecule has 278 valence electrons. The van der Waals surface area contributed by atoms with Gasteiger partial charge in [0.25, 0.3) is 14.2 Å². The lowest BCUT2D eigenvalue weighted by Crippen LogP contribution is -2.67. The molecule has 52 heavy (non-hydrogen) atoms. The third-order valence-electron chi connectivity index (χ3n) is 10.5. The summed E-state index contributed by atoms with van der Waals surface area (Å²) in [6.07, 6.45) is 0.736. The lowest BCUT2D eigenvalue weighted by molar-refractivity contribution is -0.0823. The number of hydrogen-bond donors (Lipinski definition) is 2. The third-order valence-corrected chi connectivity index (χ3v) is 15.4. The van der Waals surface area contributed by atoms with Gasteiger partial charge in [-0.05, 0) is 70.6 Å². The van der Waals surface area contributed by atoms with Crippen molar-refractivity contribution in [3.8, 4) is 5.75 Å². The van der Waals surface area contributed by atoms with E-state index in [0.29, 0.717) is 43.6 Å². The molecule has 1 saturated heterocycles. The number of hydrogen-bond acceptors (Lipinski definition) is 5. The van der Waals surface area contributed by atoms with Gasteiger partial charge in [-0.3, -0.25) is 14.2 Å². The van der Waals surface area contributed by atoms with Gasteiger partial charge in [-0.2, -0.15) is 0 Å². The largest absolute Gasteiger partial charge is 0.508 e. The Morgan fingerprint density at radius 2 is 1.48 bits per heavy atom. The summed E-state index contributed by atoms with van der Waals surface area (Å²) in [5.74, 6) is -5.14. The van der Waals surface area contributed by atoms with Gasteiger partial charge in [-0.15, -0.1) is 0 Å². The van der Waals surface area contributed by atoms with Crippen LogP contribution in [0.5, 0.6) is 5.75 Å². The maximum Gasteiger partial charge on any atom is 0.282 e. The summed E-state index contributed by atoms with van der Waals surface area (Å²) in [7, 11) is -3.31. The fraction of sp³-hybridized carbons (Fsp3) is 0.415. The number of nitrogens with one attached hydrogen (secondary N) is 1. The molecule has 2 N–H and O–H groups in total. The summed E-state index contributed by atoms with van der Waals surface area (Å²) in [5.41, 5.74) is 1.02. The van der Waals surface area contributed by atoms with Crippen molar-refractivity contribution in [2.75, 3.05) is 44.8 Å². The topological polar surface area (TPSA) is 48.0 Å². The van der Waals surface area contributed by atoms with Crippen molar-refractivity contribution in [3.05, 3.63) is 119 Å². The quantitative estimate of drug-likeness (QED) is 0.109. The number of fused-ring (bicyclic) bond motifs is 1. The van der Waals surface area contributed by atoms with Crippen LogP contribution in [0, 0.1) is 11.6 Å². The van der Waals surface area contributed by atoms with Crippen LogP contribution in [0.15, 0.2) is 91.0 Å². The molecule has 4 aromatic carbocycles. The number of benzene rings is 4. The van der Waals surface area contributed by atoms with Crippen molar-refractivity contribution in [1.29, 1.82) is 0 Å². The molecule has 11 heteroatoms. The predicted molar refractivity (Wildman–Crippen MR) is 199 cm³/mol. The Labute approximate surface area is 304 Å². The molecule has 0 spiro atoms. The van der Waals surface area contributed by atoms with Crippen LogP contribution in [0.4, 0.5) is 27.6 Å². The van der Waals surface area contributed by atoms with Crippen LogP contribution in [0.25, 0.3) is 0 Å². The molecular weight excluding hydrogens is 690 g/mol. The van der Waals surface area contributed by atoms with Crippen LogP contribution in [0.1, 0.15) is 56.8 Å². The second-order valence-electron chi connectivity index (χ2n) is 15.3. The van der Waals surface area contributed by atoms with Crippen molar-refractivity contribution in [2.45, 2.75) is 69.6 Å². The minimum absolute atomic E-state index is 0.0104. The van der Waals surface area contributed by atoms with Crippen LogP contribution in [-0.2, 0) is 10.8 Å². The zero-order chi connectivity index (χ0) is 37.3. The van der Waals surface area contributed by atoms with Gasteiger partial charge in [-0.25, -0.2) is 17.6 Å². The van der Waals surface area contributed by atoms with E-state index in [1.54, 1.807) is 13.0 Å². The smallest absolute Gasteiger partial charge is 0.282 e. The van der Waals surface area contributed by atoms with Crippen LogP contribution in [-0.4, -0.2) is 80.7 Å². The predicted octanol–water partition coefficient (Wildman–Crippen LogP) is 7.67. The van der Waals surface area contributed by atoms with E-state index in [-0.39, 0.29) is 23.0 Å². The second kappa shape index (κ2) is 15.3. The third kappa shape index (κ3) is 7.78. The van der Waals surface area contributed by atoms with Crippen molar-refractivity contribution in [2.24, 2.45) is 0 Å². The Hall–Kier alpha value is -3.77. The SMILES string of the molecule is CC1Cc2cc(O)ccc2[C@H](c2c(F)cc(NC3CN(CCCF)C3)cc2F)N1CC(F)(F)CO[Si](c1ccccc1)(c1ccccc1)C(C)(C)C. The van der Waals surface area contributed by atoms with E-state index in [1.807, 2.05) is 81.4 Å². The number of halogens is 5. The highest BCUT2D eigenvalue weighted by Crippen LogP contribution is 2.44. The first-order chi connectivity index (χ1) is 24.7. The van der Waals surface area contributed by atoms with Gasteiger partial charge in [0.1, 0.15) is 17.4 Å². The summed E-state index contributed by atoms with van der Waals surface area (Å²) < 4.78 is 84.9. The zero-order valence-corrected chi connectivity index (χ0v) is 31.2. The van der Waals surface area contributed by atoms with E-state index >= 15 is 17.6 Å². The van der Waals surface area contributed by atoms with Crippen molar-refractivity contribution >= 4 is 24.4 Å². The number of aromatic hydroxyl groups is 1. The lowest BCUT2D eigenvalue weighted by Gasteiger charge is -2.46. The molecule has 2 aliphatic heterocycles. The molecular formula is C41H48F5N3O2Si. The number of phenolic OH excluding ortho intramolecular Hbond substituents is 1. The first kappa shape index (κ1) is 38.0. The van der Waals surface area contributed by atoms with E-state index in [1.165, 1.54) is 29.2 Å². The molecule has 4 aromatic rings. The maximum atomic E-state index is 16.6. The summed E-state index contributed by atoms with van der Waals surface area (Å²) >= 11 is 0. The highest BCUT2D eigenvalue weighted by atomic mass is 28.4. The first-order valence-electron chi connectivity index (χ1n) is 18.0. The molecule has 2 atom stereocenters. The van der Waals surface area contributed by atoms with Crippen LogP contribution in [0.3, 0.4) is 0 Å². The molecule has 0 bridgehead atoms. The van der Waals surface area contributed by atoms with Gasteiger partial charge in [0.05, 0.1) is 31.9 Å². The van der Waals surface area contributed by atoms with Gasteiger partial charge in [0.15, 0.2) is 0 Å². The van der Waals surface area contributed by atoms with Gasteiger partial charge < -0.3 is 14.8 Å². The van der Waals surface area contributed by atoms with Gasteiger partial charge in [0.2, 0.25) is 0 Å². The number of rotatable bonds is 13. The lowest BCUT2D eigenvalue weighted by atomic mass is 9.84. The highest BCUT2D eigenvalue weighted by Gasteiger charge is 2.52. The van der Waals surface area contributed by atoms with Gasteiger partial charge in [0, 0.05) is 36.9 Å². The van der Waals surface area contributed by atoms with Crippen LogP contribution >= 0.6 is 0 Å². The molecule has 5 nitrogen and oxygen atoms in total. The van der Waals surface area contributed by atoms with Gasteiger partial charge >= 0.3 is 0 Å². The highest BCUT2D eigenvalue weighted by molar-refractivity contribution is 6.99. The zero-order valence-electron chi connectivity index (χ0n) is 30.2. The minimum atomic E-state index is -3.42. The molecule has 1 unspecified atom stereocenters. The van der Waals surface area contributed by atoms with Crippen molar-refractivity contribution in [1.82, 2.24) is 9.80 Å². The van der Waals surface area contributed by atoms with E-state index in [2.05, 4.69) is 10.2 Å². The van der Waals surface area contributed by atoms with Crippen LogP contribution < -0.4 is 15.7 Å². The molecule has 1 fully saturated rings. The number of alkyl halides is 3. The van der Waals surface area contributed by atoms with Crippen molar-refractivity contribution < 1.29 is 31.5 Å². The average Bonchev–Trinajstić information content (AvgIpc) is 3.07. The number of nitrogens with zero attached hydrogens (tertiary/aromatic N) is 2. The van der Waals surface area contributed by atoms with E-state index in [0.717, 1.165) is 10.4 Å². The Kier molecular flexibility index (Phi) is 11.2. The molecule has 0 saturated carbocycles. The normalized spacial score (nSPS) is 18.9. The Morgan fingerprint density at radius 1 is 0.885 bits per heavy atom. The molecule has 0 radical (unpaired) electrons. The second-order valence-corrected chi connectivity index (χ2v) is 19.6. The molecule has 6 rings (SSSR count). The Morgan fingerprint density at radius 3 is 2.04 bits per heavy atom. The molecule has 0 amide bonds. The first-order valence-corrected chi connectivity index (χ1v) is 19.9. The van der Waals surface area contributed by atoms with E-state index < -0.39 is 62.8 Å². The fourth-order valence-corrected chi connectivity index (χ4v) is 12.6. The van der Waals surface area contributed by atoms with E-state index in [9.17, 15) is 9.50 Å². The van der Waals surface area contributed by atoms with E-state index in [4.69, 9.17) is 4.43 Å². The average molecular weight is 738 g/mol. The monoisotopic (exact) mass is 737 g/mol.